The van der Waals surface area contributed by atoms with Gasteiger partial charge >= 0.3 is 0 Å². The van der Waals surface area contributed by atoms with Crippen LogP contribution >= 0.6 is 0 Å². The Kier molecular flexibility index (Phi) is 3.98. The first-order valence-electron chi connectivity index (χ1n) is 6.86. The molecule has 0 amide bonds. The molecule has 0 aromatic heterocycles. The molecule has 0 aliphatic heterocycles. The van der Waals surface area contributed by atoms with Gasteiger partial charge in [-0.25, -0.2) is 0 Å². The first-order chi connectivity index (χ1) is 8.22. The smallest absolute Gasteiger partial charge is 0.163 e. The summed E-state index contributed by atoms with van der Waals surface area (Å²) in [6, 6.07) is 6.28. The van der Waals surface area contributed by atoms with Crippen molar-refractivity contribution >= 4 is 5.78 Å². The van der Waals surface area contributed by atoms with Crippen LogP contribution in [0.4, 0.5) is 0 Å². The van der Waals surface area contributed by atoms with E-state index < -0.39 is 0 Å². The highest BCUT2D eigenvalue weighted by atomic mass is 16.1. The van der Waals surface area contributed by atoms with E-state index in [0.717, 1.165) is 12.0 Å². The molecule has 1 nitrogen and oxygen atoms in total. The van der Waals surface area contributed by atoms with Gasteiger partial charge in [-0.1, -0.05) is 56.4 Å². The van der Waals surface area contributed by atoms with E-state index in [4.69, 9.17) is 0 Å². The van der Waals surface area contributed by atoms with Crippen molar-refractivity contribution in [1.82, 2.24) is 0 Å². The fraction of sp³-hybridized carbons (Fsp3) is 0.562. The quantitative estimate of drug-likeness (QED) is 0.674. The molecule has 0 bridgehead atoms. The second-order valence-electron chi connectivity index (χ2n) is 5.26. The molecule has 1 unspecified atom stereocenters. The lowest BCUT2D eigenvalue weighted by molar-refractivity contribution is 0.0988. The summed E-state index contributed by atoms with van der Waals surface area (Å²) < 4.78 is 0. The maximum absolute atomic E-state index is 11.9. The molecule has 0 saturated carbocycles. The van der Waals surface area contributed by atoms with E-state index in [1.54, 1.807) is 0 Å². The van der Waals surface area contributed by atoms with Crippen LogP contribution in [0.2, 0.25) is 0 Å². The summed E-state index contributed by atoms with van der Waals surface area (Å²) in [4.78, 5) is 11.9. The Bertz CT molecular complexity index is 406. The molecular formula is C16H22O. The van der Waals surface area contributed by atoms with Crippen molar-refractivity contribution < 1.29 is 4.79 Å². The lowest BCUT2D eigenvalue weighted by Gasteiger charge is -2.10. The van der Waals surface area contributed by atoms with Gasteiger partial charge in [0.05, 0.1) is 0 Å². The first kappa shape index (κ1) is 12.3. The molecule has 1 heteroatoms. The van der Waals surface area contributed by atoms with Crippen LogP contribution in [0, 0.1) is 6.92 Å². The highest BCUT2D eigenvalue weighted by Crippen LogP contribution is 2.37. The topological polar surface area (TPSA) is 17.1 Å². The van der Waals surface area contributed by atoms with Gasteiger partial charge in [0.25, 0.3) is 0 Å². The zero-order valence-corrected chi connectivity index (χ0v) is 11.0. The molecule has 1 aliphatic carbocycles. The molecular weight excluding hydrogens is 208 g/mol. The summed E-state index contributed by atoms with van der Waals surface area (Å²) >= 11 is 0. The van der Waals surface area contributed by atoms with Gasteiger partial charge in [0, 0.05) is 12.0 Å². The molecule has 92 valence electrons. The minimum absolute atomic E-state index is 0.348. The van der Waals surface area contributed by atoms with Gasteiger partial charge in [-0.15, -0.1) is 0 Å². The maximum atomic E-state index is 11.9. The molecule has 1 aliphatic rings. The monoisotopic (exact) mass is 230 g/mol. The van der Waals surface area contributed by atoms with E-state index >= 15 is 0 Å². The predicted molar refractivity (Wildman–Crippen MR) is 71.6 cm³/mol. The number of fused-ring (bicyclic) bond motifs is 1. The Morgan fingerprint density at radius 1 is 1.24 bits per heavy atom. The molecule has 0 saturated heterocycles. The number of rotatable bonds is 5. The minimum atomic E-state index is 0.348. The number of ketones is 1. The van der Waals surface area contributed by atoms with Crippen LogP contribution in [0.3, 0.4) is 0 Å². The van der Waals surface area contributed by atoms with E-state index in [-0.39, 0.29) is 0 Å². The fourth-order valence-corrected chi connectivity index (χ4v) is 2.79. The number of unbranched alkanes of at least 4 members (excludes halogenated alkanes) is 3. The Labute approximate surface area is 104 Å². The number of carbonyl (C=O) groups excluding carboxylic acids is 1. The average Bonchev–Trinajstić information content (AvgIpc) is 2.61. The number of hydrogen-bond donors (Lipinski definition) is 0. The Morgan fingerprint density at radius 2 is 2.06 bits per heavy atom. The van der Waals surface area contributed by atoms with Gasteiger partial charge < -0.3 is 0 Å². The summed E-state index contributed by atoms with van der Waals surface area (Å²) in [5.74, 6) is 0.842. The maximum Gasteiger partial charge on any atom is 0.163 e. The van der Waals surface area contributed by atoms with Gasteiger partial charge in [0.2, 0.25) is 0 Å². The average molecular weight is 230 g/mol. The molecule has 0 heterocycles. The van der Waals surface area contributed by atoms with Crippen molar-refractivity contribution in [2.75, 3.05) is 0 Å². The molecule has 1 atom stereocenters. The normalized spacial score (nSPS) is 18.5. The Balaban J connectivity index is 2.03. The molecule has 0 fully saturated rings. The summed E-state index contributed by atoms with van der Waals surface area (Å²) in [5, 5.41) is 0. The first-order valence-corrected chi connectivity index (χ1v) is 6.86. The van der Waals surface area contributed by atoms with Crippen LogP contribution < -0.4 is 0 Å². The second-order valence-corrected chi connectivity index (χ2v) is 5.26. The third kappa shape index (κ3) is 2.77. The van der Waals surface area contributed by atoms with Crippen LogP contribution in [0.25, 0.3) is 0 Å². The largest absolute Gasteiger partial charge is 0.294 e. The van der Waals surface area contributed by atoms with Crippen LogP contribution in [-0.4, -0.2) is 5.78 Å². The third-order valence-corrected chi connectivity index (χ3v) is 3.79. The molecule has 1 aromatic carbocycles. The number of benzene rings is 1. The highest BCUT2D eigenvalue weighted by Gasteiger charge is 2.28. The summed E-state index contributed by atoms with van der Waals surface area (Å²) in [6.45, 7) is 4.34. The molecule has 0 spiro atoms. The number of carbonyl (C=O) groups is 1. The van der Waals surface area contributed by atoms with Gasteiger partial charge in [0.1, 0.15) is 0 Å². The zero-order valence-electron chi connectivity index (χ0n) is 11.0. The summed E-state index contributed by atoms with van der Waals surface area (Å²) in [7, 11) is 0. The number of aryl methyl sites for hydroxylation is 1. The van der Waals surface area contributed by atoms with E-state index in [9.17, 15) is 4.79 Å². The van der Waals surface area contributed by atoms with Gasteiger partial charge in [-0.3, -0.25) is 4.79 Å². The lowest BCUT2D eigenvalue weighted by Crippen LogP contribution is -1.94. The third-order valence-electron chi connectivity index (χ3n) is 3.79. The summed E-state index contributed by atoms with van der Waals surface area (Å²) in [5.41, 5.74) is 3.57. The molecule has 17 heavy (non-hydrogen) atoms. The van der Waals surface area contributed by atoms with E-state index in [1.165, 1.54) is 43.2 Å². The lowest BCUT2D eigenvalue weighted by atomic mass is 9.94. The van der Waals surface area contributed by atoms with Gasteiger partial charge in [0.15, 0.2) is 5.78 Å². The van der Waals surface area contributed by atoms with Crippen molar-refractivity contribution in [3.63, 3.8) is 0 Å². The van der Waals surface area contributed by atoms with Crippen molar-refractivity contribution in [2.45, 2.75) is 58.3 Å². The Morgan fingerprint density at radius 3 is 2.82 bits per heavy atom. The van der Waals surface area contributed by atoms with Crippen LogP contribution in [0.1, 0.15) is 72.9 Å². The number of Topliss-reactive ketones (excluding diaryl/α,β-unsaturated/α-hetero) is 1. The van der Waals surface area contributed by atoms with Crippen LogP contribution in [0.5, 0.6) is 0 Å². The van der Waals surface area contributed by atoms with Gasteiger partial charge in [-0.2, -0.15) is 0 Å². The predicted octanol–water partition coefficient (Wildman–Crippen LogP) is 4.64. The van der Waals surface area contributed by atoms with Crippen molar-refractivity contribution in [3.05, 3.63) is 34.9 Å². The molecule has 1 aromatic rings. The minimum Gasteiger partial charge on any atom is -0.294 e. The van der Waals surface area contributed by atoms with E-state index in [1.807, 2.05) is 6.07 Å². The van der Waals surface area contributed by atoms with Crippen molar-refractivity contribution in [1.29, 1.82) is 0 Å². The van der Waals surface area contributed by atoms with E-state index in [2.05, 4.69) is 26.0 Å². The van der Waals surface area contributed by atoms with Crippen molar-refractivity contribution in [2.24, 2.45) is 0 Å². The zero-order chi connectivity index (χ0) is 12.3. The second kappa shape index (κ2) is 5.48. The van der Waals surface area contributed by atoms with Crippen molar-refractivity contribution in [3.8, 4) is 0 Å². The standard InChI is InChI=1S/C16H22O/c1-3-4-5-6-7-13-11-16(17)14-9-8-12(2)10-15(13)14/h8-10,13H,3-7,11H2,1-2H3. The SMILES string of the molecule is CCCCCCC1CC(=O)c2ccc(C)cc21. The fourth-order valence-electron chi connectivity index (χ4n) is 2.79. The van der Waals surface area contributed by atoms with Gasteiger partial charge in [-0.05, 0) is 24.8 Å². The van der Waals surface area contributed by atoms with E-state index in [0.29, 0.717) is 11.7 Å². The van der Waals surface area contributed by atoms with Crippen LogP contribution in [0.15, 0.2) is 18.2 Å². The molecule has 2 rings (SSSR count). The molecule has 0 N–H and O–H groups in total. The molecule has 0 radical (unpaired) electrons. The highest BCUT2D eigenvalue weighted by molar-refractivity contribution is 6.01. The number of hydrogen-bond acceptors (Lipinski definition) is 1. The van der Waals surface area contributed by atoms with Crippen LogP contribution in [-0.2, 0) is 0 Å². The Hall–Kier alpha value is -1.11. The summed E-state index contributed by atoms with van der Waals surface area (Å²) in [6.07, 6.45) is 7.09.